The second-order valence-corrected chi connectivity index (χ2v) is 18.0. The predicted molar refractivity (Wildman–Crippen MR) is 232 cm³/mol. The fraction of sp³-hybridized carbons (Fsp3) is 0.935. The summed E-state index contributed by atoms with van der Waals surface area (Å²) in [7, 11) is -4.44. The van der Waals surface area contributed by atoms with Gasteiger partial charge in [0.25, 0.3) is 10.1 Å². The van der Waals surface area contributed by atoms with Gasteiger partial charge in [0.2, 0.25) is 5.91 Å². The summed E-state index contributed by atoms with van der Waals surface area (Å²) in [5.74, 6) is -1.52. The third-order valence-corrected chi connectivity index (χ3v) is 11.9. The first-order chi connectivity index (χ1) is 26.2. The van der Waals surface area contributed by atoms with Gasteiger partial charge in [-0.05, 0) is 19.3 Å². The number of nitrogens with one attached hydrogen (secondary N) is 1. The maximum Gasteiger partial charge on any atom is 0.267 e. The number of aliphatic hydroxyl groups excluding tert-OH is 2. The van der Waals surface area contributed by atoms with Crippen LogP contribution in [0.3, 0.4) is 0 Å². The van der Waals surface area contributed by atoms with Gasteiger partial charge in [0.15, 0.2) is 0 Å². The molecule has 0 saturated heterocycles. The molecule has 0 aliphatic heterocycles. The highest BCUT2D eigenvalue weighted by Crippen LogP contribution is 2.17. The van der Waals surface area contributed by atoms with E-state index in [0.717, 1.165) is 38.5 Å². The Labute approximate surface area is 335 Å². The molecule has 3 unspecified atom stereocenters. The lowest BCUT2D eigenvalue weighted by atomic mass is 10.0. The van der Waals surface area contributed by atoms with Crippen molar-refractivity contribution in [2.45, 2.75) is 270 Å². The lowest BCUT2D eigenvalue weighted by Crippen LogP contribution is -2.50. The van der Waals surface area contributed by atoms with E-state index in [2.05, 4.69) is 19.2 Å². The van der Waals surface area contributed by atoms with Gasteiger partial charge in [-0.15, -0.1) is 0 Å². The van der Waals surface area contributed by atoms with Crippen molar-refractivity contribution in [2.24, 2.45) is 0 Å². The van der Waals surface area contributed by atoms with Crippen molar-refractivity contribution < 1.29 is 28.0 Å². The van der Waals surface area contributed by atoms with E-state index in [1.807, 2.05) is 6.08 Å². The Morgan fingerprint density at radius 3 is 1.11 bits per heavy atom. The van der Waals surface area contributed by atoms with E-state index in [4.69, 9.17) is 0 Å². The Kier molecular flexibility index (Phi) is 39.5. The highest BCUT2D eigenvalue weighted by Gasteiger charge is 2.27. The Hall–Kier alpha value is -0.960. The van der Waals surface area contributed by atoms with E-state index < -0.39 is 40.0 Å². The van der Waals surface area contributed by atoms with E-state index in [-0.39, 0.29) is 6.42 Å². The van der Waals surface area contributed by atoms with Gasteiger partial charge in [0, 0.05) is 0 Å². The van der Waals surface area contributed by atoms with E-state index >= 15 is 0 Å². The smallest absolute Gasteiger partial charge is 0.267 e. The van der Waals surface area contributed by atoms with Gasteiger partial charge in [-0.2, -0.15) is 8.42 Å². The number of allylic oxidation sites excluding steroid dienone is 1. The van der Waals surface area contributed by atoms with Gasteiger partial charge in [-0.3, -0.25) is 9.35 Å². The fourth-order valence-electron chi connectivity index (χ4n) is 7.46. The van der Waals surface area contributed by atoms with Crippen LogP contribution in [0, 0.1) is 0 Å². The number of amides is 1. The molecule has 54 heavy (non-hydrogen) atoms. The van der Waals surface area contributed by atoms with Crippen molar-refractivity contribution in [3.8, 4) is 0 Å². The molecule has 0 rings (SSSR count). The number of carbonyl (C=O) groups excluding carboxylic acids is 1. The summed E-state index contributed by atoms with van der Waals surface area (Å²) < 4.78 is 32.6. The molecule has 0 aromatic carbocycles. The molecule has 0 bridgehead atoms. The Morgan fingerprint density at radius 1 is 0.500 bits per heavy atom. The molecular formula is C46H91NO6S. The standard InChI is InChI=1S/C46H91NO6S/c1-3-5-7-9-11-13-15-17-19-21-22-23-24-25-27-28-30-32-34-36-38-40-44(48)43(42-54(51,52)53)47-46(50)45(49)41-39-37-35-33-31-29-26-20-18-16-14-12-10-8-6-4-2/h38,40,43-45,48-49H,3-37,39,41-42H2,1-2H3,(H,47,50)(H,51,52,53)/b40-38+. The molecule has 3 atom stereocenters. The first-order valence-electron chi connectivity index (χ1n) is 23.5. The number of hydrogen-bond donors (Lipinski definition) is 4. The van der Waals surface area contributed by atoms with Gasteiger partial charge >= 0.3 is 0 Å². The normalized spacial score (nSPS) is 13.8. The van der Waals surface area contributed by atoms with E-state index in [1.165, 1.54) is 192 Å². The van der Waals surface area contributed by atoms with Crippen molar-refractivity contribution >= 4 is 16.0 Å². The first-order valence-corrected chi connectivity index (χ1v) is 25.1. The molecule has 322 valence electrons. The molecule has 0 spiro atoms. The second-order valence-electron chi connectivity index (χ2n) is 16.5. The minimum atomic E-state index is -4.44. The first kappa shape index (κ1) is 53.0. The minimum absolute atomic E-state index is 0.286. The number of aliphatic hydroxyl groups is 2. The number of carbonyl (C=O) groups is 1. The summed E-state index contributed by atoms with van der Waals surface area (Å²) in [6.45, 7) is 4.54. The molecule has 0 radical (unpaired) electrons. The monoisotopic (exact) mass is 786 g/mol. The number of hydrogen-bond acceptors (Lipinski definition) is 5. The summed E-state index contributed by atoms with van der Waals surface area (Å²) in [6.07, 6.45) is 47.0. The molecule has 0 aliphatic carbocycles. The highest BCUT2D eigenvalue weighted by atomic mass is 32.2. The van der Waals surface area contributed by atoms with Crippen LogP contribution in [0.15, 0.2) is 12.2 Å². The lowest BCUT2D eigenvalue weighted by molar-refractivity contribution is -0.130. The van der Waals surface area contributed by atoms with Crippen LogP contribution in [0.5, 0.6) is 0 Å². The molecule has 0 saturated carbocycles. The minimum Gasteiger partial charge on any atom is -0.387 e. The van der Waals surface area contributed by atoms with E-state index in [0.29, 0.717) is 6.42 Å². The lowest BCUT2D eigenvalue weighted by Gasteiger charge is -2.22. The molecule has 8 heteroatoms. The maximum atomic E-state index is 12.6. The van der Waals surface area contributed by atoms with Crippen LogP contribution < -0.4 is 5.32 Å². The maximum absolute atomic E-state index is 12.6. The molecule has 0 fully saturated rings. The van der Waals surface area contributed by atoms with Gasteiger partial charge in [-0.25, -0.2) is 0 Å². The molecule has 7 nitrogen and oxygen atoms in total. The zero-order valence-corrected chi connectivity index (χ0v) is 36.5. The van der Waals surface area contributed by atoms with Crippen molar-refractivity contribution in [3.05, 3.63) is 12.2 Å². The highest BCUT2D eigenvalue weighted by molar-refractivity contribution is 7.85. The largest absolute Gasteiger partial charge is 0.387 e. The zero-order valence-electron chi connectivity index (χ0n) is 35.7. The fourth-order valence-corrected chi connectivity index (χ4v) is 8.19. The van der Waals surface area contributed by atoms with Crippen LogP contribution in [0.4, 0.5) is 0 Å². The SMILES string of the molecule is CCCCCCCCCCCCCCCCCCCCC/C=C/C(O)C(CS(=O)(=O)O)NC(=O)C(O)CCCCCCCCCCCCCCCCCC. The van der Waals surface area contributed by atoms with Crippen LogP contribution >= 0.6 is 0 Å². The van der Waals surface area contributed by atoms with Crippen LogP contribution in [0.1, 0.15) is 251 Å². The van der Waals surface area contributed by atoms with Gasteiger partial charge in [0.1, 0.15) is 6.10 Å². The van der Waals surface area contributed by atoms with Crippen LogP contribution in [0.2, 0.25) is 0 Å². The average molecular weight is 786 g/mol. The summed E-state index contributed by atoms with van der Waals surface area (Å²) in [5, 5.41) is 23.5. The molecule has 1 amide bonds. The van der Waals surface area contributed by atoms with Crippen LogP contribution in [0.25, 0.3) is 0 Å². The molecular weight excluding hydrogens is 695 g/mol. The Bertz CT molecular complexity index is 926. The van der Waals surface area contributed by atoms with Crippen molar-refractivity contribution in [1.29, 1.82) is 0 Å². The second kappa shape index (κ2) is 40.2. The third kappa shape index (κ3) is 39.3. The molecule has 0 aromatic heterocycles. The van der Waals surface area contributed by atoms with E-state index in [9.17, 15) is 28.0 Å². The molecule has 0 heterocycles. The molecule has 0 aliphatic rings. The predicted octanol–water partition coefficient (Wildman–Crippen LogP) is 13.1. The number of unbranched alkanes of at least 4 members (excludes halogenated alkanes) is 34. The van der Waals surface area contributed by atoms with Gasteiger partial charge < -0.3 is 15.5 Å². The van der Waals surface area contributed by atoms with Crippen molar-refractivity contribution in [1.82, 2.24) is 5.32 Å². The van der Waals surface area contributed by atoms with Crippen LogP contribution in [-0.2, 0) is 14.9 Å². The van der Waals surface area contributed by atoms with E-state index in [1.54, 1.807) is 0 Å². The average Bonchev–Trinajstić information content (AvgIpc) is 3.14. The zero-order chi connectivity index (χ0) is 39.8. The topological polar surface area (TPSA) is 124 Å². The summed E-state index contributed by atoms with van der Waals surface area (Å²) >= 11 is 0. The number of rotatable bonds is 43. The van der Waals surface area contributed by atoms with Gasteiger partial charge in [0.05, 0.1) is 17.9 Å². The summed E-state index contributed by atoms with van der Waals surface area (Å²) in [5.41, 5.74) is 0. The Balaban J connectivity index is 3.92. The van der Waals surface area contributed by atoms with Crippen molar-refractivity contribution in [3.63, 3.8) is 0 Å². The molecule has 4 N–H and O–H groups in total. The summed E-state index contributed by atoms with van der Waals surface area (Å²) in [4.78, 5) is 12.6. The molecule has 0 aromatic rings. The quantitative estimate of drug-likeness (QED) is 0.0277. The van der Waals surface area contributed by atoms with Gasteiger partial charge in [-0.1, -0.05) is 244 Å². The van der Waals surface area contributed by atoms with Crippen LogP contribution in [-0.4, -0.2) is 53.1 Å². The van der Waals surface area contributed by atoms with Crippen molar-refractivity contribution in [2.75, 3.05) is 5.75 Å². The summed E-state index contributed by atoms with van der Waals surface area (Å²) in [6, 6.07) is -1.23. The third-order valence-electron chi connectivity index (χ3n) is 11.1. The Morgan fingerprint density at radius 2 is 0.796 bits per heavy atom.